The molecule has 0 aromatic carbocycles. The Balaban J connectivity index is 1.95. The number of carbonyl (C=O) groups is 2. The molecule has 5 nitrogen and oxygen atoms in total. The maximum absolute atomic E-state index is 12.3. The molecule has 23 heavy (non-hydrogen) atoms. The summed E-state index contributed by atoms with van der Waals surface area (Å²) in [5.41, 5.74) is 2.45. The van der Waals surface area contributed by atoms with Gasteiger partial charge < -0.3 is 14.6 Å². The molecule has 0 saturated heterocycles. The lowest BCUT2D eigenvalue weighted by atomic mass is 9.95. The number of ether oxygens (including phenoxy) is 1. The Morgan fingerprint density at radius 1 is 1.30 bits per heavy atom. The minimum absolute atomic E-state index is 0.199. The van der Waals surface area contributed by atoms with E-state index in [0.717, 1.165) is 43.6 Å². The Labute approximate surface area is 138 Å². The summed E-state index contributed by atoms with van der Waals surface area (Å²) in [5.74, 6) is -0.626. The fourth-order valence-corrected chi connectivity index (χ4v) is 3.34. The molecule has 1 aliphatic carbocycles. The van der Waals surface area contributed by atoms with Gasteiger partial charge in [-0.15, -0.1) is 0 Å². The largest absolute Gasteiger partial charge is 0.449 e. The van der Waals surface area contributed by atoms with Crippen LogP contribution in [0.15, 0.2) is 6.07 Å². The molecule has 1 heterocycles. The van der Waals surface area contributed by atoms with E-state index in [4.69, 9.17) is 4.74 Å². The Morgan fingerprint density at radius 2 is 1.96 bits per heavy atom. The van der Waals surface area contributed by atoms with Gasteiger partial charge in [0.25, 0.3) is 5.91 Å². The van der Waals surface area contributed by atoms with E-state index in [-0.39, 0.29) is 11.9 Å². The first-order valence-corrected chi connectivity index (χ1v) is 8.62. The molecule has 0 spiro atoms. The van der Waals surface area contributed by atoms with Gasteiger partial charge in [-0.25, -0.2) is 4.79 Å². The van der Waals surface area contributed by atoms with Crippen LogP contribution in [-0.2, 0) is 16.1 Å². The van der Waals surface area contributed by atoms with E-state index < -0.39 is 12.1 Å². The topological polar surface area (TPSA) is 60.3 Å². The minimum atomic E-state index is -0.769. The molecule has 0 aliphatic heterocycles. The number of aromatic nitrogens is 1. The maximum atomic E-state index is 12.3. The minimum Gasteiger partial charge on any atom is -0.449 e. The van der Waals surface area contributed by atoms with E-state index in [1.807, 2.05) is 26.8 Å². The quantitative estimate of drug-likeness (QED) is 0.848. The third kappa shape index (κ3) is 4.15. The lowest BCUT2D eigenvalue weighted by Gasteiger charge is -2.24. The highest BCUT2D eigenvalue weighted by molar-refractivity contribution is 5.93. The highest BCUT2D eigenvalue weighted by atomic mass is 16.5. The molecule has 0 radical (unpaired) electrons. The van der Waals surface area contributed by atoms with Gasteiger partial charge in [0.05, 0.1) is 5.56 Å². The number of nitrogens with one attached hydrogen (secondary N) is 1. The average Bonchev–Trinajstić information content (AvgIpc) is 2.82. The van der Waals surface area contributed by atoms with Crippen LogP contribution in [0.1, 0.15) is 67.7 Å². The van der Waals surface area contributed by atoms with Crippen molar-refractivity contribution in [1.82, 2.24) is 9.88 Å². The summed E-state index contributed by atoms with van der Waals surface area (Å²) in [5, 5.41) is 3.00. The van der Waals surface area contributed by atoms with Crippen molar-refractivity contribution in [2.75, 3.05) is 0 Å². The summed E-state index contributed by atoms with van der Waals surface area (Å²) in [6, 6.07) is 2.05. The molecular weight excluding hydrogens is 292 g/mol. The lowest BCUT2D eigenvalue weighted by molar-refractivity contribution is -0.130. The second-order valence-electron chi connectivity index (χ2n) is 6.42. The number of nitrogens with zero attached hydrogens (tertiary/aromatic N) is 1. The van der Waals surface area contributed by atoms with E-state index in [2.05, 4.69) is 9.88 Å². The number of aryl methyl sites for hydroxylation is 1. The normalized spacial score (nSPS) is 16.9. The fourth-order valence-electron chi connectivity index (χ4n) is 3.34. The molecule has 1 amide bonds. The number of carbonyl (C=O) groups excluding carboxylic acids is 2. The molecule has 1 N–H and O–H groups in total. The average molecular weight is 320 g/mol. The van der Waals surface area contributed by atoms with Gasteiger partial charge in [-0.1, -0.05) is 19.3 Å². The predicted octanol–water partition coefficient (Wildman–Crippen LogP) is 3.12. The molecule has 1 aliphatic rings. The van der Waals surface area contributed by atoms with Crippen molar-refractivity contribution >= 4 is 11.9 Å². The zero-order valence-corrected chi connectivity index (χ0v) is 14.6. The number of esters is 1. The van der Waals surface area contributed by atoms with Gasteiger partial charge in [0, 0.05) is 24.0 Å². The van der Waals surface area contributed by atoms with Crippen molar-refractivity contribution in [3.8, 4) is 0 Å². The van der Waals surface area contributed by atoms with Gasteiger partial charge in [-0.3, -0.25) is 4.79 Å². The van der Waals surface area contributed by atoms with E-state index in [9.17, 15) is 9.59 Å². The lowest BCUT2D eigenvalue weighted by Crippen LogP contribution is -2.42. The van der Waals surface area contributed by atoms with Crippen molar-refractivity contribution in [3.05, 3.63) is 23.0 Å². The smallest absolute Gasteiger partial charge is 0.340 e. The monoisotopic (exact) mass is 320 g/mol. The van der Waals surface area contributed by atoms with Gasteiger partial charge in [-0.05, 0) is 46.6 Å². The van der Waals surface area contributed by atoms with E-state index in [1.165, 1.54) is 6.42 Å². The molecule has 1 saturated carbocycles. The standard InChI is InChI=1S/C18H28N2O3/c1-5-20-12(2)11-16(13(20)3)18(22)23-14(4)17(21)19-15-9-7-6-8-10-15/h11,14-15H,5-10H2,1-4H3,(H,19,21)/t14-/m0/s1. The molecule has 1 aromatic rings. The second kappa shape index (κ2) is 7.66. The van der Waals surface area contributed by atoms with Gasteiger partial charge in [0.15, 0.2) is 6.10 Å². The third-order valence-electron chi connectivity index (χ3n) is 4.71. The molecule has 2 rings (SSSR count). The summed E-state index contributed by atoms with van der Waals surface area (Å²) >= 11 is 0. The molecule has 5 heteroatoms. The fraction of sp³-hybridized carbons (Fsp3) is 0.667. The van der Waals surface area contributed by atoms with E-state index in [0.29, 0.717) is 5.56 Å². The second-order valence-corrected chi connectivity index (χ2v) is 6.42. The van der Waals surface area contributed by atoms with Gasteiger partial charge in [0.2, 0.25) is 0 Å². The predicted molar refractivity (Wildman–Crippen MR) is 89.5 cm³/mol. The van der Waals surface area contributed by atoms with Crippen molar-refractivity contribution in [2.45, 2.75) is 78.5 Å². The highest BCUT2D eigenvalue weighted by Crippen LogP contribution is 2.19. The summed E-state index contributed by atoms with van der Waals surface area (Å²) in [7, 11) is 0. The van der Waals surface area contributed by atoms with Crippen molar-refractivity contribution in [3.63, 3.8) is 0 Å². The first kappa shape index (κ1) is 17.6. The van der Waals surface area contributed by atoms with Gasteiger partial charge >= 0.3 is 5.97 Å². The number of hydrogen-bond acceptors (Lipinski definition) is 3. The third-order valence-corrected chi connectivity index (χ3v) is 4.71. The first-order chi connectivity index (χ1) is 10.9. The van der Waals surface area contributed by atoms with Crippen molar-refractivity contribution in [2.24, 2.45) is 0 Å². The zero-order chi connectivity index (χ0) is 17.0. The van der Waals surface area contributed by atoms with Crippen LogP contribution < -0.4 is 5.32 Å². The zero-order valence-electron chi connectivity index (χ0n) is 14.6. The Morgan fingerprint density at radius 3 is 2.52 bits per heavy atom. The summed E-state index contributed by atoms with van der Waals surface area (Å²) in [6.45, 7) is 8.35. The Hall–Kier alpha value is -1.78. The summed E-state index contributed by atoms with van der Waals surface area (Å²) in [4.78, 5) is 24.5. The molecule has 1 fully saturated rings. The van der Waals surface area contributed by atoms with Crippen molar-refractivity contribution in [1.29, 1.82) is 0 Å². The first-order valence-electron chi connectivity index (χ1n) is 8.62. The van der Waals surface area contributed by atoms with Crippen LogP contribution >= 0.6 is 0 Å². The number of rotatable bonds is 5. The summed E-state index contributed by atoms with van der Waals surface area (Å²) < 4.78 is 7.43. The van der Waals surface area contributed by atoms with Crippen molar-refractivity contribution < 1.29 is 14.3 Å². The molecule has 0 bridgehead atoms. The van der Waals surface area contributed by atoms with Crippen LogP contribution in [0, 0.1) is 13.8 Å². The number of hydrogen-bond donors (Lipinski definition) is 1. The van der Waals surface area contributed by atoms with Crippen LogP contribution in [-0.4, -0.2) is 28.6 Å². The van der Waals surface area contributed by atoms with Crippen LogP contribution in [0.5, 0.6) is 0 Å². The van der Waals surface area contributed by atoms with E-state index in [1.54, 1.807) is 6.92 Å². The molecule has 128 valence electrons. The van der Waals surface area contributed by atoms with E-state index >= 15 is 0 Å². The molecular formula is C18H28N2O3. The maximum Gasteiger partial charge on any atom is 0.340 e. The Kier molecular flexibility index (Phi) is 5.85. The van der Waals surface area contributed by atoms with Crippen LogP contribution in [0.25, 0.3) is 0 Å². The Bertz CT molecular complexity index is 571. The van der Waals surface area contributed by atoms with Crippen LogP contribution in [0.3, 0.4) is 0 Å². The highest BCUT2D eigenvalue weighted by Gasteiger charge is 2.24. The van der Waals surface area contributed by atoms with Gasteiger partial charge in [-0.2, -0.15) is 0 Å². The summed E-state index contributed by atoms with van der Waals surface area (Å²) in [6.07, 6.45) is 4.82. The van der Waals surface area contributed by atoms with Crippen LogP contribution in [0.2, 0.25) is 0 Å². The molecule has 0 unspecified atom stereocenters. The SMILES string of the molecule is CCn1c(C)cc(C(=O)O[C@@H](C)C(=O)NC2CCCCC2)c1C. The number of amides is 1. The van der Waals surface area contributed by atoms with Crippen LogP contribution in [0.4, 0.5) is 0 Å². The van der Waals surface area contributed by atoms with Gasteiger partial charge in [0.1, 0.15) is 0 Å². The molecule has 1 aromatic heterocycles. The molecule has 1 atom stereocenters.